The fourth-order valence-electron chi connectivity index (χ4n) is 1.66. The number of hydrogen-bond donors (Lipinski definition) is 3. The van der Waals surface area contributed by atoms with Crippen molar-refractivity contribution in [3.05, 3.63) is 65.7 Å². The van der Waals surface area contributed by atoms with Crippen molar-refractivity contribution >= 4 is 18.0 Å². The molecule has 22 heavy (non-hydrogen) atoms. The maximum Gasteiger partial charge on any atom is 0.259 e. The summed E-state index contributed by atoms with van der Waals surface area (Å²) >= 11 is 0. The van der Waals surface area contributed by atoms with Crippen molar-refractivity contribution in [2.24, 2.45) is 5.10 Å². The first kappa shape index (κ1) is 15.2. The fourth-order valence-corrected chi connectivity index (χ4v) is 1.66. The molecule has 0 spiro atoms. The van der Waals surface area contributed by atoms with E-state index in [1.54, 1.807) is 48.5 Å². The number of rotatable bonds is 5. The maximum atomic E-state index is 11.7. The molecular formula is C16H15N3O3. The van der Waals surface area contributed by atoms with Gasteiger partial charge < -0.3 is 10.4 Å². The lowest BCUT2D eigenvalue weighted by Crippen LogP contribution is -2.34. The lowest BCUT2D eigenvalue weighted by molar-refractivity contribution is -0.120. The molecule has 0 aliphatic heterocycles. The molecule has 0 aliphatic rings. The van der Waals surface area contributed by atoms with Gasteiger partial charge in [-0.3, -0.25) is 9.59 Å². The average molecular weight is 297 g/mol. The van der Waals surface area contributed by atoms with E-state index in [0.29, 0.717) is 11.1 Å². The number of carbonyl (C=O) groups is 2. The van der Waals surface area contributed by atoms with Gasteiger partial charge in [-0.1, -0.05) is 30.3 Å². The lowest BCUT2D eigenvalue weighted by Gasteiger charge is -2.04. The summed E-state index contributed by atoms with van der Waals surface area (Å²) in [6.07, 6.45) is 1.33. The van der Waals surface area contributed by atoms with Crippen LogP contribution in [0.4, 0.5) is 0 Å². The van der Waals surface area contributed by atoms with Crippen LogP contribution in [0.1, 0.15) is 15.9 Å². The molecule has 2 aromatic carbocycles. The molecule has 2 rings (SSSR count). The molecule has 0 radical (unpaired) electrons. The number of aromatic hydroxyl groups is 1. The fraction of sp³-hybridized carbons (Fsp3) is 0.0625. The summed E-state index contributed by atoms with van der Waals surface area (Å²) in [5.74, 6) is -0.728. The van der Waals surface area contributed by atoms with Crippen molar-refractivity contribution in [2.75, 3.05) is 6.54 Å². The zero-order valence-corrected chi connectivity index (χ0v) is 11.7. The number of hydrogen-bond acceptors (Lipinski definition) is 4. The molecule has 0 fully saturated rings. The van der Waals surface area contributed by atoms with Crippen LogP contribution in [0.2, 0.25) is 0 Å². The number of benzene rings is 2. The molecule has 2 amide bonds. The molecule has 0 unspecified atom stereocenters. The lowest BCUT2D eigenvalue weighted by atomic mass is 10.2. The topological polar surface area (TPSA) is 90.8 Å². The van der Waals surface area contributed by atoms with E-state index in [-0.39, 0.29) is 18.2 Å². The van der Waals surface area contributed by atoms with Crippen molar-refractivity contribution in [1.29, 1.82) is 0 Å². The minimum Gasteiger partial charge on any atom is -0.507 e. The van der Waals surface area contributed by atoms with E-state index in [9.17, 15) is 14.7 Å². The highest BCUT2D eigenvalue weighted by atomic mass is 16.3. The van der Waals surface area contributed by atoms with Crippen LogP contribution in [-0.2, 0) is 4.79 Å². The van der Waals surface area contributed by atoms with Crippen molar-refractivity contribution in [3.8, 4) is 5.75 Å². The Kier molecular flexibility index (Phi) is 5.25. The zero-order chi connectivity index (χ0) is 15.8. The normalized spacial score (nSPS) is 10.4. The van der Waals surface area contributed by atoms with Gasteiger partial charge in [-0.2, -0.15) is 5.10 Å². The minimum atomic E-state index is -0.462. The highest BCUT2D eigenvalue weighted by Crippen LogP contribution is 2.12. The summed E-state index contributed by atoms with van der Waals surface area (Å²) in [5, 5.41) is 15.7. The maximum absolute atomic E-state index is 11.7. The second-order valence-corrected chi connectivity index (χ2v) is 4.40. The predicted molar refractivity (Wildman–Crippen MR) is 82.6 cm³/mol. The van der Waals surface area contributed by atoms with Gasteiger partial charge in [0.2, 0.25) is 0 Å². The summed E-state index contributed by atoms with van der Waals surface area (Å²) in [6, 6.07) is 15.2. The van der Waals surface area contributed by atoms with Crippen molar-refractivity contribution < 1.29 is 14.7 Å². The van der Waals surface area contributed by atoms with Crippen LogP contribution < -0.4 is 10.7 Å². The Balaban J connectivity index is 1.79. The average Bonchev–Trinajstić information content (AvgIpc) is 2.55. The molecule has 3 N–H and O–H groups in total. The largest absolute Gasteiger partial charge is 0.507 e. The van der Waals surface area contributed by atoms with Gasteiger partial charge in [0.1, 0.15) is 5.75 Å². The van der Waals surface area contributed by atoms with Gasteiger partial charge in [0.15, 0.2) is 0 Å². The monoisotopic (exact) mass is 297 g/mol. The van der Waals surface area contributed by atoms with Gasteiger partial charge in [-0.25, -0.2) is 5.43 Å². The number of nitrogens with zero attached hydrogens (tertiary/aromatic N) is 1. The molecule has 0 atom stereocenters. The molecule has 112 valence electrons. The van der Waals surface area contributed by atoms with Crippen molar-refractivity contribution in [3.63, 3.8) is 0 Å². The molecule has 6 nitrogen and oxygen atoms in total. The molecule has 0 saturated heterocycles. The summed E-state index contributed by atoms with van der Waals surface area (Å²) in [4.78, 5) is 23.3. The Morgan fingerprint density at radius 3 is 2.45 bits per heavy atom. The van der Waals surface area contributed by atoms with Crippen LogP contribution in [0.3, 0.4) is 0 Å². The number of phenols is 1. The Labute approximate surface area is 127 Å². The van der Waals surface area contributed by atoms with E-state index in [0.717, 1.165) is 0 Å². The highest BCUT2D eigenvalue weighted by molar-refractivity contribution is 5.96. The molecular weight excluding hydrogens is 282 g/mol. The summed E-state index contributed by atoms with van der Waals surface area (Å²) in [5.41, 5.74) is 3.23. The van der Waals surface area contributed by atoms with E-state index in [4.69, 9.17) is 0 Å². The third-order valence-corrected chi connectivity index (χ3v) is 2.78. The first-order valence-electron chi connectivity index (χ1n) is 6.60. The Morgan fingerprint density at radius 2 is 1.73 bits per heavy atom. The summed E-state index contributed by atoms with van der Waals surface area (Å²) in [6.45, 7) is -0.189. The minimum absolute atomic E-state index is 0.0675. The van der Waals surface area contributed by atoms with E-state index in [2.05, 4.69) is 15.8 Å². The second-order valence-electron chi connectivity index (χ2n) is 4.40. The SMILES string of the molecule is O=C(CNC(=O)c1ccccc1)NN=Cc1ccccc1O. The number of phenolic OH excluding ortho intramolecular Hbond substituents is 1. The van der Waals surface area contributed by atoms with Crippen LogP contribution >= 0.6 is 0 Å². The molecule has 0 aromatic heterocycles. The molecule has 0 bridgehead atoms. The molecule has 0 heterocycles. The third-order valence-electron chi connectivity index (χ3n) is 2.78. The number of hydrazone groups is 1. The van der Waals surface area contributed by atoms with E-state index >= 15 is 0 Å². The number of carbonyl (C=O) groups excluding carboxylic acids is 2. The van der Waals surface area contributed by atoms with Crippen molar-refractivity contribution in [1.82, 2.24) is 10.7 Å². The summed E-state index contributed by atoms with van der Waals surface area (Å²) in [7, 11) is 0. The Bertz CT molecular complexity index is 684. The summed E-state index contributed by atoms with van der Waals surface area (Å²) < 4.78 is 0. The highest BCUT2D eigenvalue weighted by Gasteiger charge is 2.06. The molecule has 0 aliphatic carbocycles. The van der Waals surface area contributed by atoms with Crippen molar-refractivity contribution in [2.45, 2.75) is 0 Å². The van der Waals surface area contributed by atoms with Crippen LogP contribution in [0, 0.1) is 0 Å². The van der Waals surface area contributed by atoms with Crippen LogP contribution in [-0.4, -0.2) is 29.7 Å². The Hall–Kier alpha value is -3.15. The number of amides is 2. The Morgan fingerprint density at radius 1 is 1.05 bits per heavy atom. The number of para-hydroxylation sites is 1. The smallest absolute Gasteiger partial charge is 0.259 e. The van der Waals surface area contributed by atoms with E-state index in [1.165, 1.54) is 12.3 Å². The van der Waals surface area contributed by atoms with Crippen LogP contribution in [0.25, 0.3) is 0 Å². The van der Waals surface area contributed by atoms with Gasteiger partial charge in [0.05, 0.1) is 12.8 Å². The zero-order valence-electron chi connectivity index (χ0n) is 11.7. The molecule has 2 aromatic rings. The first-order valence-corrected chi connectivity index (χ1v) is 6.60. The van der Waals surface area contributed by atoms with E-state index < -0.39 is 5.91 Å². The van der Waals surface area contributed by atoms with Crippen LogP contribution in [0.15, 0.2) is 59.7 Å². The van der Waals surface area contributed by atoms with Gasteiger partial charge >= 0.3 is 0 Å². The van der Waals surface area contributed by atoms with Gasteiger partial charge in [0, 0.05) is 11.1 Å². The standard InChI is InChI=1S/C16H15N3O3/c20-14-9-5-4-8-13(14)10-18-19-15(21)11-17-16(22)12-6-2-1-3-7-12/h1-10,20H,11H2,(H,17,22)(H,19,21). The first-order chi connectivity index (χ1) is 10.7. The van der Waals surface area contributed by atoms with Gasteiger partial charge in [-0.15, -0.1) is 0 Å². The molecule has 6 heteroatoms. The van der Waals surface area contributed by atoms with Gasteiger partial charge in [0.25, 0.3) is 11.8 Å². The van der Waals surface area contributed by atoms with Gasteiger partial charge in [-0.05, 0) is 24.3 Å². The predicted octanol–water partition coefficient (Wildman–Crippen LogP) is 1.27. The third kappa shape index (κ3) is 4.45. The number of nitrogens with one attached hydrogen (secondary N) is 2. The van der Waals surface area contributed by atoms with E-state index in [1.807, 2.05) is 0 Å². The second kappa shape index (κ2) is 7.58. The quantitative estimate of drug-likeness (QED) is 0.573. The van der Waals surface area contributed by atoms with Crippen LogP contribution in [0.5, 0.6) is 5.75 Å². The molecule has 0 saturated carbocycles.